The van der Waals surface area contributed by atoms with Gasteiger partial charge in [0.2, 0.25) is 5.95 Å². The Kier molecular flexibility index (Phi) is 6.84. The number of aromatic nitrogens is 2. The molecule has 1 aromatic heterocycles. The van der Waals surface area contributed by atoms with Crippen molar-refractivity contribution in [1.29, 1.82) is 0 Å². The van der Waals surface area contributed by atoms with E-state index in [1.807, 2.05) is 63.2 Å². The summed E-state index contributed by atoms with van der Waals surface area (Å²) in [6.45, 7) is 8.08. The van der Waals surface area contributed by atoms with Crippen molar-refractivity contribution in [3.8, 4) is 5.75 Å². The summed E-state index contributed by atoms with van der Waals surface area (Å²) in [6.07, 6.45) is 0. The van der Waals surface area contributed by atoms with Gasteiger partial charge in [0.25, 0.3) is 5.91 Å². The van der Waals surface area contributed by atoms with Crippen LogP contribution in [0.4, 0.5) is 11.8 Å². The summed E-state index contributed by atoms with van der Waals surface area (Å²) in [5.41, 5.74) is 1.44. The fourth-order valence-electron chi connectivity index (χ4n) is 3.12. The van der Waals surface area contributed by atoms with Crippen molar-refractivity contribution in [3.05, 3.63) is 53.7 Å². The normalized spacial score (nSPS) is 10.6. The number of fused-ring (bicyclic) bond motifs is 1. The van der Waals surface area contributed by atoms with Crippen LogP contribution in [0, 0.1) is 6.92 Å². The lowest BCUT2D eigenvalue weighted by atomic mass is 10.0. The number of nitrogens with one attached hydrogen (secondary N) is 3. The molecule has 0 bridgehead atoms. The van der Waals surface area contributed by atoms with Crippen LogP contribution in [0.5, 0.6) is 5.75 Å². The quantitative estimate of drug-likeness (QED) is 0.481. The third-order valence-electron chi connectivity index (χ3n) is 4.32. The van der Waals surface area contributed by atoms with E-state index in [9.17, 15) is 4.79 Å². The number of hydrogen-bond acceptors (Lipinski definition) is 6. The van der Waals surface area contributed by atoms with E-state index in [1.54, 1.807) is 0 Å². The fraction of sp³-hybridized carbons (Fsp3) is 0.318. The molecule has 0 aliphatic heterocycles. The van der Waals surface area contributed by atoms with Gasteiger partial charge in [0.05, 0.1) is 12.2 Å². The van der Waals surface area contributed by atoms with Crippen LogP contribution in [-0.4, -0.2) is 42.1 Å². The van der Waals surface area contributed by atoms with Gasteiger partial charge in [0.15, 0.2) is 0 Å². The Morgan fingerprint density at radius 3 is 2.66 bits per heavy atom. The molecule has 29 heavy (non-hydrogen) atoms. The van der Waals surface area contributed by atoms with Crippen molar-refractivity contribution in [3.63, 3.8) is 0 Å². The number of nitrogens with zero attached hydrogens (tertiary/aromatic N) is 2. The Morgan fingerprint density at radius 2 is 1.86 bits per heavy atom. The molecule has 0 spiro atoms. The Hall–Kier alpha value is -3.35. The van der Waals surface area contributed by atoms with Crippen LogP contribution in [0.3, 0.4) is 0 Å². The number of hydrogen-bond donors (Lipinski definition) is 3. The molecule has 1 amide bonds. The molecular formula is C22H27N5O2. The van der Waals surface area contributed by atoms with Crippen LogP contribution in [0.15, 0.2) is 42.5 Å². The molecule has 0 saturated heterocycles. The van der Waals surface area contributed by atoms with Gasteiger partial charge in [-0.1, -0.05) is 30.3 Å². The molecule has 7 heteroatoms. The minimum Gasteiger partial charge on any atom is -0.493 e. The first-order chi connectivity index (χ1) is 14.1. The fourth-order valence-corrected chi connectivity index (χ4v) is 3.12. The lowest BCUT2D eigenvalue weighted by Crippen LogP contribution is -2.29. The van der Waals surface area contributed by atoms with Crippen LogP contribution in [0.1, 0.15) is 29.9 Å². The zero-order valence-electron chi connectivity index (χ0n) is 17.1. The zero-order valence-corrected chi connectivity index (χ0v) is 17.1. The number of carbonyl (C=O) groups excluding carboxylic acids is 1. The summed E-state index contributed by atoms with van der Waals surface area (Å²) in [5.74, 6) is 1.75. The molecule has 3 N–H and O–H groups in total. The predicted octanol–water partition coefficient (Wildman–Crippen LogP) is 3.61. The highest BCUT2D eigenvalue weighted by Crippen LogP contribution is 2.28. The summed E-state index contributed by atoms with van der Waals surface area (Å²) < 4.78 is 5.69. The Labute approximate surface area is 170 Å². The number of aryl methyl sites for hydroxylation is 1. The molecule has 0 atom stereocenters. The van der Waals surface area contributed by atoms with Crippen LogP contribution >= 0.6 is 0 Å². The predicted molar refractivity (Wildman–Crippen MR) is 117 cm³/mol. The summed E-state index contributed by atoms with van der Waals surface area (Å²) in [7, 11) is 0. The Balaban J connectivity index is 1.66. The van der Waals surface area contributed by atoms with Gasteiger partial charge in [-0.05, 0) is 37.6 Å². The topological polar surface area (TPSA) is 88.2 Å². The number of amides is 1. The smallest absolute Gasteiger partial charge is 0.255 e. The van der Waals surface area contributed by atoms with Gasteiger partial charge in [-0.25, -0.2) is 4.98 Å². The van der Waals surface area contributed by atoms with Gasteiger partial charge in [-0.2, -0.15) is 4.98 Å². The molecule has 0 radical (unpaired) electrons. The average molecular weight is 393 g/mol. The van der Waals surface area contributed by atoms with Crippen molar-refractivity contribution >= 4 is 28.4 Å². The standard InChI is InChI=1S/C22H27N5O2/c1-4-23-19-14-15(3)26-22(27-19)25-13-12-24-21(28)20-17-9-7-6-8-16(17)10-11-18(20)29-5-2/h6-11,14H,4-5,12-13H2,1-3H3,(H,24,28)(H2,23,25,26,27). The second-order valence-corrected chi connectivity index (χ2v) is 6.52. The minimum atomic E-state index is -0.162. The molecular weight excluding hydrogens is 366 g/mol. The van der Waals surface area contributed by atoms with Gasteiger partial charge in [0, 0.05) is 31.4 Å². The summed E-state index contributed by atoms with van der Waals surface area (Å²) in [6, 6.07) is 13.5. The second kappa shape index (κ2) is 9.73. The monoisotopic (exact) mass is 393 g/mol. The number of rotatable bonds is 9. The Bertz CT molecular complexity index is 990. The lowest BCUT2D eigenvalue weighted by molar-refractivity contribution is 0.0953. The van der Waals surface area contributed by atoms with E-state index in [0.29, 0.717) is 37.0 Å². The van der Waals surface area contributed by atoms with Crippen molar-refractivity contribution in [2.75, 3.05) is 36.9 Å². The number of benzene rings is 2. The van der Waals surface area contributed by atoms with E-state index in [2.05, 4.69) is 25.9 Å². The highest BCUT2D eigenvalue weighted by atomic mass is 16.5. The van der Waals surface area contributed by atoms with Gasteiger partial charge < -0.3 is 20.7 Å². The molecule has 0 aliphatic carbocycles. The minimum absolute atomic E-state index is 0.162. The first kappa shape index (κ1) is 20.4. The average Bonchev–Trinajstić information content (AvgIpc) is 2.71. The van der Waals surface area contributed by atoms with Crippen LogP contribution < -0.4 is 20.7 Å². The molecule has 2 aromatic carbocycles. The zero-order chi connectivity index (χ0) is 20.6. The molecule has 3 aromatic rings. The molecule has 0 unspecified atom stereocenters. The van der Waals surface area contributed by atoms with E-state index >= 15 is 0 Å². The van der Waals surface area contributed by atoms with Crippen LogP contribution in [-0.2, 0) is 0 Å². The summed E-state index contributed by atoms with van der Waals surface area (Å²) in [4.78, 5) is 21.7. The largest absolute Gasteiger partial charge is 0.493 e. The van der Waals surface area contributed by atoms with E-state index in [-0.39, 0.29) is 5.91 Å². The SMILES string of the molecule is CCNc1cc(C)nc(NCCNC(=O)c2c(OCC)ccc3ccccc23)n1. The van der Waals surface area contributed by atoms with Crippen LogP contribution in [0.25, 0.3) is 10.8 Å². The maximum Gasteiger partial charge on any atom is 0.255 e. The van der Waals surface area contributed by atoms with E-state index in [0.717, 1.165) is 28.8 Å². The van der Waals surface area contributed by atoms with Crippen molar-refractivity contribution in [2.45, 2.75) is 20.8 Å². The number of carbonyl (C=O) groups is 1. The number of ether oxygens (including phenoxy) is 1. The van der Waals surface area contributed by atoms with Gasteiger partial charge in [0.1, 0.15) is 11.6 Å². The molecule has 1 heterocycles. The molecule has 0 saturated carbocycles. The maximum atomic E-state index is 12.9. The van der Waals surface area contributed by atoms with Crippen molar-refractivity contribution in [2.24, 2.45) is 0 Å². The summed E-state index contributed by atoms with van der Waals surface area (Å²) >= 11 is 0. The first-order valence-corrected chi connectivity index (χ1v) is 9.88. The van der Waals surface area contributed by atoms with Gasteiger partial charge in [-0.3, -0.25) is 4.79 Å². The lowest BCUT2D eigenvalue weighted by Gasteiger charge is -2.14. The molecule has 3 rings (SSSR count). The summed E-state index contributed by atoms with van der Waals surface area (Å²) in [5, 5.41) is 11.2. The van der Waals surface area contributed by atoms with Gasteiger partial charge >= 0.3 is 0 Å². The molecule has 7 nitrogen and oxygen atoms in total. The molecule has 152 valence electrons. The van der Waals surface area contributed by atoms with Gasteiger partial charge in [-0.15, -0.1) is 0 Å². The van der Waals surface area contributed by atoms with E-state index < -0.39 is 0 Å². The third-order valence-corrected chi connectivity index (χ3v) is 4.32. The van der Waals surface area contributed by atoms with Crippen LogP contribution in [0.2, 0.25) is 0 Å². The maximum absolute atomic E-state index is 12.9. The molecule has 0 aliphatic rings. The van der Waals surface area contributed by atoms with E-state index in [4.69, 9.17) is 4.74 Å². The first-order valence-electron chi connectivity index (χ1n) is 9.88. The van der Waals surface area contributed by atoms with E-state index in [1.165, 1.54) is 0 Å². The van der Waals surface area contributed by atoms with Crippen molar-refractivity contribution in [1.82, 2.24) is 15.3 Å². The number of anilines is 2. The second-order valence-electron chi connectivity index (χ2n) is 6.52. The third kappa shape index (κ3) is 5.13. The highest BCUT2D eigenvalue weighted by Gasteiger charge is 2.16. The highest BCUT2D eigenvalue weighted by molar-refractivity contribution is 6.09. The van der Waals surface area contributed by atoms with Crippen molar-refractivity contribution < 1.29 is 9.53 Å². The molecule has 0 fully saturated rings. The Morgan fingerprint density at radius 1 is 1.03 bits per heavy atom.